The predicted octanol–water partition coefficient (Wildman–Crippen LogP) is 6.40. The topological polar surface area (TPSA) is 41.0 Å². The predicted molar refractivity (Wildman–Crippen MR) is 111 cm³/mol. The molecule has 0 aromatic carbocycles. The van der Waals surface area contributed by atoms with Crippen LogP contribution in [0.2, 0.25) is 0 Å². The van der Waals surface area contributed by atoms with Crippen LogP contribution in [0.1, 0.15) is 50.4 Å². The summed E-state index contributed by atoms with van der Waals surface area (Å²) in [6.07, 6.45) is 10.9. The summed E-state index contributed by atoms with van der Waals surface area (Å²) in [5, 5.41) is 3.12. The molecule has 25 heavy (non-hydrogen) atoms. The van der Waals surface area contributed by atoms with Crippen LogP contribution in [0.3, 0.4) is 0 Å². The lowest BCUT2D eigenvalue weighted by Crippen LogP contribution is -2.12. The van der Waals surface area contributed by atoms with Gasteiger partial charge in [-0.15, -0.1) is 11.3 Å². The van der Waals surface area contributed by atoms with Gasteiger partial charge >= 0.3 is 0 Å². The van der Waals surface area contributed by atoms with E-state index in [4.69, 9.17) is 9.98 Å². The quantitative estimate of drug-likeness (QED) is 0.454. The molecule has 0 saturated heterocycles. The van der Waals surface area contributed by atoms with Crippen molar-refractivity contribution in [2.24, 2.45) is 10.9 Å². The number of nitrogens with one attached hydrogen (secondary N) is 1. The molecule has 0 fully saturated rings. The van der Waals surface area contributed by atoms with E-state index in [2.05, 4.69) is 43.8 Å². The third-order valence-corrected chi connectivity index (χ3v) is 5.18. The normalized spacial score (nSPS) is 14.3. The minimum absolute atomic E-state index is 0.377. The van der Waals surface area contributed by atoms with E-state index in [0.29, 0.717) is 5.92 Å². The van der Waals surface area contributed by atoms with Crippen molar-refractivity contribution in [3.8, 4) is 11.3 Å². The van der Waals surface area contributed by atoms with Gasteiger partial charge in [0.15, 0.2) is 0 Å². The van der Waals surface area contributed by atoms with Gasteiger partial charge in [-0.1, -0.05) is 44.7 Å². The first kappa shape index (κ1) is 19.1. The molecule has 0 saturated carbocycles. The number of hydrogen-bond donors (Lipinski definition) is 1. The van der Waals surface area contributed by atoms with E-state index in [1.165, 1.54) is 0 Å². The number of aryl methyl sites for hydroxylation is 1. The summed E-state index contributed by atoms with van der Waals surface area (Å²) in [6.45, 7) is 14.3. The molecule has 2 aromatic heterocycles. The Morgan fingerprint density at radius 2 is 2.24 bits per heavy atom. The van der Waals surface area contributed by atoms with Crippen LogP contribution in [0.4, 0.5) is 0 Å². The fourth-order valence-electron chi connectivity index (χ4n) is 2.46. The second-order valence-electron chi connectivity index (χ2n) is 6.11. The standard InChI is InChI=1S/C21H27N3S/c1-7-10-11-17-16(6)22-12-18(17)19-13-25-21(24-19)20(14(4)8-2)23-15(5)9-3/h7,9-14,22H,1,8H2,2-6H3/b11-10-,15-9-,23-20?. The van der Waals surface area contributed by atoms with E-state index < -0.39 is 0 Å². The molecular weight excluding hydrogens is 326 g/mol. The smallest absolute Gasteiger partial charge is 0.138 e. The van der Waals surface area contributed by atoms with Crippen LogP contribution in [0, 0.1) is 12.8 Å². The first-order chi connectivity index (χ1) is 12.0. The van der Waals surface area contributed by atoms with Crippen molar-refractivity contribution in [2.45, 2.75) is 41.0 Å². The summed E-state index contributed by atoms with van der Waals surface area (Å²) >= 11 is 1.66. The Balaban J connectivity index is 2.47. The van der Waals surface area contributed by atoms with Gasteiger partial charge in [0.1, 0.15) is 5.01 Å². The molecule has 1 atom stereocenters. The second-order valence-corrected chi connectivity index (χ2v) is 6.97. The van der Waals surface area contributed by atoms with E-state index in [-0.39, 0.29) is 0 Å². The molecule has 0 aliphatic heterocycles. The number of H-pyrrole nitrogens is 1. The number of thiazole rings is 1. The molecule has 4 heteroatoms. The molecule has 2 rings (SSSR count). The highest BCUT2D eigenvalue weighted by Crippen LogP contribution is 2.30. The maximum absolute atomic E-state index is 4.90. The molecule has 2 aromatic rings. The number of rotatable bonds is 7. The summed E-state index contributed by atoms with van der Waals surface area (Å²) in [7, 11) is 0. The van der Waals surface area contributed by atoms with E-state index >= 15 is 0 Å². The van der Waals surface area contributed by atoms with E-state index in [9.17, 15) is 0 Å². The minimum atomic E-state index is 0.377. The maximum atomic E-state index is 4.90. The average Bonchev–Trinajstić information content (AvgIpc) is 3.23. The van der Waals surface area contributed by atoms with Crippen LogP contribution in [0.25, 0.3) is 17.3 Å². The van der Waals surface area contributed by atoms with Crippen LogP contribution in [0.15, 0.2) is 47.1 Å². The highest BCUT2D eigenvalue weighted by Gasteiger charge is 2.18. The van der Waals surface area contributed by atoms with E-state index in [1.807, 2.05) is 32.2 Å². The molecular formula is C21H27N3S. The highest BCUT2D eigenvalue weighted by atomic mass is 32.1. The van der Waals surface area contributed by atoms with Gasteiger partial charge in [0, 0.05) is 40.0 Å². The number of aromatic amines is 1. The lowest BCUT2D eigenvalue weighted by atomic mass is 10.0. The fourth-order valence-corrected chi connectivity index (χ4v) is 3.38. The van der Waals surface area contributed by atoms with Gasteiger partial charge in [-0.2, -0.15) is 0 Å². The molecule has 1 unspecified atom stereocenters. The van der Waals surface area contributed by atoms with Gasteiger partial charge in [-0.05, 0) is 27.2 Å². The van der Waals surface area contributed by atoms with Crippen LogP contribution in [-0.2, 0) is 0 Å². The first-order valence-electron chi connectivity index (χ1n) is 8.66. The Hall–Kier alpha value is -2.20. The Bertz CT molecular complexity index is 818. The second kappa shape index (κ2) is 8.77. The van der Waals surface area contributed by atoms with Crippen LogP contribution < -0.4 is 0 Å². The lowest BCUT2D eigenvalue weighted by molar-refractivity contribution is 0.738. The zero-order chi connectivity index (χ0) is 18.4. The Kier molecular flexibility index (Phi) is 6.71. The zero-order valence-corrected chi connectivity index (χ0v) is 16.6. The molecule has 0 bridgehead atoms. The van der Waals surface area contributed by atoms with Crippen molar-refractivity contribution in [3.05, 3.63) is 58.3 Å². The van der Waals surface area contributed by atoms with Crippen LogP contribution >= 0.6 is 11.3 Å². The van der Waals surface area contributed by atoms with E-state index in [1.54, 1.807) is 17.4 Å². The lowest BCUT2D eigenvalue weighted by Gasteiger charge is -2.10. The van der Waals surface area contributed by atoms with Gasteiger partial charge in [0.05, 0.1) is 11.4 Å². The Morgan fingerprint density at radius 3 is 2.88 bits per heavy atom. The van der Waals surface area contributed by atoms with Crippen LogP contribution in [-0.4, -0.2) is 15.7 Å². The average molecular weight is 354 g/mol. The largest absolute Gasteiger partial charge is 0.364 e. The molecule has 0 spiro atoms. The first-order valence-corrected chi connectivity index (χ1v) is 9.54. The molecule has 0 aliphatic rings. The summed E-state index contributed by atoms with van der Waals surface area (Å²) in [6, 6.07) is 0. The highest BCUT2D eigenvalue weighted by molar-refractivity contribution is 7.12. The fraction of sp³-hybridized carbons (Fsp3) is 0.333. The third kappa shape index (κ3) is 4.45. The summed E-state index contributed by atoms with van der Waals surface area (Å²) in [5.41, 5.74) is 6.49. The number of hydrogen-bond acceptors (Lipinski definition) is 3. The van der Waals surface area contributed by atoms with Gasteiger partial charge in [-0.3, -0.25) is 4.99 Å². The molecule has 132 valence electrons. The summed E-state index contributed by atoms with van der Waals surface area (Å²) in [4.78, 5) is 13.0. The molecule has 0 radical (unpaired) electrons. The van der Waals surface area contributed by atoms with Crippen molar-refractivity contribution in [3.63, 3.8) is 0 Å². The van der Waals surface area contributed by atoms with Crippen molar-refractivity contribution in [1.29, 1.82) is 0 Å². The monoisotopic (exact) mass is 353 g/mol. The Labute approximate surface area is 154 Å². The molecule has 1 N–H and O–H groups in total. The summed E-state index contributed by atoms with van der Waals surface area (Å²) < 4.78 is 0. The molecule has 3 nitrogen and oxygen atoms in total. The number of nitrogens with zero attached hydrogens (tertiary/aromatic N) is 2. The number of allylic oxidation sites excluding steroid dienone is 4. The van der Waals surface area contributed by atoms with E-state index in [0.717, 1.165) is 45.4 Å². The van der Waals surface area contributed by atoms with Crippen molar-refractivity contribution in [2.75, 3.05) is 0 Å². The van der Waals surface area contributed by atoms with Gasteiger partial charge in [-0.25, -0.2) is 4.98 Å². The van der Waals surface area contributed by atoms with Crippen LogP contribution in [0.5, 0.6) is 0 Å². The molecule has 0 aliphatic carbocycles. The zero-order valence-electron chi connectivity index (χ0n) is 15.8. The van der Waals surface area contributed by atoms with Crippen molar-refractivity contribution < 1.29 is 0 Å². The SMILES string of the molecule is C=C/C=C\c1c(-c2csc(C(=N/C(C)=C\C)C(C)CC)n2)c[nH]c1C. The van der Waals surface area contributed by atoms with Gasteiger partial charge < -0.3 is 4.98 Å². The van der Waals surface area contributed by atoms with Crippen molar-refractivity contribution >= 4 is 23.1 Å². The third-order valence-electron chi connectivity index (χ3n) is 4.32. The molecule has 2 heterocycles. The Morgan fingerprint density at radius 1 is 1.48 bits per heavy atom. The van der Waals surface area contributed by atoms with Crippen molar-refractivity contribution in [1.82, 2.24) is 9.97 Å². The van der Waals surface area contributed by atoms with Gasteiger partial charge in [0.25, 0.3) is 0 Å². The maximum Gasteiger partial charge on any atom is 0.138 e. The molecule has 0 amide bonds. The number of aromatic nitrogens is 2. The summed E-state index contributed by atoms with van der Waals surface area (Å²) in [5.74, 6) is 0.377. The van der Waals surface area contributed by atoms with Gasteiger partial charge in [0.2, 0.25) is 0 Å². The number of aliphatic imine (C=N–C) groups is 1. The minimum Gasteiger partial charge on any atom is -0.364 e.